The lowest BCUT2D eigenvalue weighted by Gasteiger charge is -1.87. The molecule has 4 nitrogen and oxygen atoms in total. The van der Waals surface area contributed by atoms with Gasteiger partial charge in [0, 0.05) is 5.75 Å². The Morgan fingerprint density at radius 2 is 2.36 bits per heavy atom. The van der Waals surface area contributed by atoms with Gasteiger partial charge in [0.2, 0.25) is 6.34 Å². The fourth-order valence-electron chi connectivity index (χ4n) is 0.291. The summed E-state index contributed by atoms with van der Waals surface area (Å²) in [5, 5.41) is 3.77. The van der Waals surface area contributed by atoms with Crippen LogP contribution in [0.4, 0.5) is 0 Å². The molecule has 6 heteroatoms. The van der Waals surface area contributed by atoms with Crippen LogP contribution in [0.15, 0.2) is 17.8 Å². The summed E-state index contributed by atoms with van der Waals surface area (Å²) < 4.78 is 0. The minimum absolute atomic E-state index is 0. The van der Waals surface area contributed by atoms with Crippen LogP contribution in [-0.2, 0) is 0 Å². The normalized spacial score (nSPS) is 11.1. The maximum atomic E-state index is 5.42. The number of nitrogens with zero attached hydrogens (tertiary/aromatic N) is 1. The minimum atomic E-state index is 0. The molecular formula is C5H11ClN4S. The van der Waals surface area contributed by atoms with Gasteiger partial charge in [-0.1, -0.05) is 17.8 Å². The number of halogens is 1. The highest BCUT2D eigenvalue weighted by atomic mass is 35.5. The predicted octanol–water partition coefficient (Wildman–Crippen LogP) is -4.79. The molecule has 0 unspecified atom stereocenters. The summed E-state index contributed by atoms with van der Waals surface area (Å²) in [5.74, 6) is 5.59. The SMILES string of the molecule is C=CCSC(N)=[NH+]/C=N/N.[Cl-]. The van der Waals surface area contributed by atoms with E-state index < -0.39 is 0 Å². The van der Waals surface area contributed by atoms with Crippen molar-refractivity contribution in [3.8, 4) is 0 Å². The predicted molar refractivity (Wildman–Crippen MR) is 45.5 cm³/mol. The molecule has 0 aliphatic heterocycles. The zero-order chi connectivity index (χ0) is 7.82. The standard InChI is InChI=1S/C5H10N4S.ClH/c1-2-3-10-5(6)8-4-9-7;/h2,4H,1,3,7H2,(H2,6,8,9);1H. The summed E-state index contributed by atoms with van der Waals surface area (Å²) in [7, 11) is 0. The van der Waals surface area contributed by atoms with E-state index in [0.29, 0.717) is 5.17 Å². The molecule has 64 valence electrons. The van der Waals surface area contributed by atoms with Crippen molar-refractivity contribution in [2.45, 2.75) is 0 Å². The zero-order valence-electron chi connectivity index (χ0n) is 5.96. The summed E-state index contributed by atoms with van der Waals surface area (Å²) in [6, 6.07) is 0. The van der Waals surface area contributed by atoms with E-state index in [1.54, 1.807) is 6.08 Å². The van der Waals surface area contributed by atoms with Gasteiger partial charge in [-0.2, -0.15) is 0 Å². The monoisotopic (exact) mass is 194 g/mol. The highest BCUT2D eigenvalue weighted by Gasteiger charge is 1.91. The number of hydrogen-bond acceptors (Lipinski definition) is 3. The molecule has 0 saturated carbocycles. The maximum absolute atomic E-state index is 5.42. The van der Waals surface area contributed by atoms with E-state index in [-0.39, 0.29) is 12.4 Å². The van der Waals surface area contributed by atoms with Crippen LogP contribution >= 0.6 is 11.8 Å². The highest BCUT2D eigenvalue weighted by molar-refractivity contribution is 8.13. The number of rotatable bonds is 3. The second-order valence-corrected chi connectivity index (χ2v) is 2.45. The van der Waals surface area contributed by atoms with Crippen LogP contribution in [0.1, 0.15) is 0 Å². The number of hydrogen-bond donors (Lipinski definition) is 3. The van der Waals surface area contributed by atoms with E-state index in [0.717, 1.165) is 5.75 Å². The lowest BCUT2D eigenvalue weighted by molar-refractivity contribution is -0.301. The molecule has 0 aliphatic rings. The molecular weight excluding hydrogens is 184 g/mol. The summed E-state index contributed by atoms with van der Waals surface area (Å²) in [4.78, 5) is 2.66. The molecule has 0 fully saturated rings. The summed E-state index contributed by atoms with van der Waals surface area (Å²) in [5.41, 5.74) is 5.42. The van der Waals surface area contributed by atoms with E-state index >= 15 is 0 Å². The molecule has 0 rings (SSSR count). The van der Waals surface area contributed by atoms with E-state index in [1.165, 1.54) is 18.1 Å². The molecule has 0 amide bonds. The molecule has 0 heterocycles. The summed E-state index contributed by atoms with van der Waals surface area (Å²) in [6.07, 6.45) is 3.09. The van der Waals surface area contributed by atoms with Gasteiger partial charge in [0.1, 0.15) is 0 Å². The van der Waals surface area contributed by atoms with E-state index in [2.05, 4.69) is 16.7 Å². The average Bonchev–Trinajstić information content (AvgIpc) is 1.97. The van der Waals surface area contributed by atoms with Crippen LogP contribution < -0.4 is 29.0 Å². The quantitative estimate of drug-likeness (QED) is 0.139. The molecule has 0 saturated heterocycles. The number of nitrogens with two attached hydrogens (primary N) is 2. The molecule has 5 N–H and O–H groups in total. The lowest BCUT2D eigenvalue weighted by atomic mass is 10.8. The van der Waals surface area contributed by atoms with Crippen LogP contribution in [0.2, 0.25) is 0 Å². The van der Waals surface area contributed by atoms with Crippen molar-refractivity contribution in [1.29, 1.82) is 0 Å². The maximum Gasteiger partial charge on any atom is 0.253 e. The van der Waals surface area contributed by atoms with Gasteiger partial charge in [-0.25, -0.2) is 4.99 Å². The Hall–Kier alpha value is -0.680. The second-order valence-electron chi connectivity index (χ2n) is 1.39. The van der Waals surface area contributed by atoms with Gasteiger partial charge in [-0.15, -0.1) is 6.58 Å². The third-order valence-electron chi connectivity index (χ3n) is 0.638. The first-order valence-corrected chi connectivity index (χ1v) is 3.64. The van der Waals surface area contributed by atoms with Crippen molar-refractivity contribution in [3.63, 3.8) is 0 Å². The van der Waals surface area contributed by atoms with Crippen molar-refractivity contribution in [1.82, 2.24) is 0 Å². The summed E-state index contributed by atoms with van der Waals surface area (Å²) in [6.45, 7) is 3.54. The van der Waals surface area contributed by atoms with Gasteiger partial charge < -0.3 is 18.1 Å². The Morgan fingerprint density at radius 3 is 2.82 bits per heavy atom. The first-order valence-electron chi connectivity index (χ1n) is 2.65. The van der Waals surface area contributed by atoms with Crippen molar-refractivity contribution in [2.75, 3.05) is 5.75 Å². The summed E-state index contributed by atoms with van der Waals surface area (Å²) >= 11 is 1.43. The number of thioether (sulfide) groups is 1. The van der Waals surface area contributed by atoms with Crippen molar-refractivity contribution < 1.29 is 17.4 Å². The van der Waals surface area contributed by atoms with E-state index in [1.807, 2.05) is 0 Å². The molecule has 0 radical (unpaired) electrons. The Bertz CT molecular complexity index is 157. The largest absolute Gasteiger partial charge is 1.00 e. The number of hydrazone groups is 1. The van der Waals surface area contributed by atoms with Crippen LogP contribution in [0.3, 0.4) is 0 Å². The molecule has 0 spiro atoms. The molecule has 0 atom stereocenters. The lowest BCUT2D eigenvalue weighted by Crippen LogP contribution is -3.00. The van der Waals surface area contributed by atoms with E-state index in [9.17, 15) is 0 Å². The third-order valence-corrected chi connectivity index (χ3v) is 1.47. The first-order chi connectivity index (χ1) is 4.81. The Kier molecular flexibility index (Phi) is 11.0. The van der Waals surface area contributed by atoms with Gasteiger partial charge in [0.15, 0.2) is 0 Å². The third kappa shape index (κ3) is 9.32. The van der Waals surface area contributed by atoms with Crippen LogP contribution in [0.25, 0.3) is 0 Å². The smallest absolute Gasteiger partial charge is 0.253 e. The molecule has 0 bridgehead atoms. The first kappa shape index (κ1) is 12.9. The highest BCUT2D eigenvalue weighted by Crippen LogP contribution is 1.92. The fourth-order valence-corrected chi connectivity index (χ4v) is 0.725. The number of nitrogens with one attached hydrogen (secondary N) is 1. The van der Waals surface area contributed by atoms with Gasteiger partial charge in [-0.05, 0) is 5.10 Å². The van der Waals surface area contributed by atoms with Gasteiger partial charge in [0.25, 0.3) is 5.17 Å². The van der Waals surface area contributed by atoms with Crippen molar-refractivity contribution in [3.05, 3.63) is 12.7 Å². The molecule has 0 aromatic heterocycles. The van der Waals surface area contributed by atoms with Crippen LogP contribution in [0, 0.1) is 0 Å². The second kappa shape index (κ2) is 9.32. The minimum Gasteiger partial charge on any atom is -1.00 e. The van der Waals surface area contributed by atoms with Crippen molar-refractivity contribution in [2.24, 2.45) is 16.7 Å². The Morgan fingerprint density at radius 1 is 1.73 bits per heavy atom. The van der Waals surface area contributed by atoms with Crippen LogP contribution in [-0.4, -0.2) is 17.3 Å². The van der Waals surface area contributed by atoms with Gasteiger partial charge >= 0.3 is 0 Å². The van der Waals surface area contributed by atoms with Gasteiger partial charge in [-0.3, -0.25) is 5.84 Å². The van der Waals surface area contributed by atoms with Crippen LogP contribution in [0.5, 0.6) is 0 Å². The molecule has 0 aromatic carbocycles. The van der Waals surface area contributed by atoms with Crippen molar-refractivity contribution >= 4 is 23.3 Å². The average molecular weight is 195 g/mol. The molecule has 0 aromatic rings. The fraction of sp³-hybridized carbons (Fsp3) is 0.200. The topological polar surface area (TPSA) is 78.4 Å². The molecule has 0 aliphatic carbocycles. The number of amidine groups is 1. The Balaban J connectivity index is 0. The zero-order valence-corrected chi connectivity index (χ0v) is 7.53. The van der Waals surface area contributed by atoms with E-state index in [4.69, 9.17) is 11.6 Å². The van der Waals surface area contributed by atoms with Gasteiger partial charge in [0.05, 0.1) is 0 Å². The molecule has 11 heavy (non-hydrogen) atoms. The Labute approximate surface area is 76.2 Å².